The third-order valence-electron chi connectivity index (χ3n) is 7.22. The molecule has 1 aliphatic rings. The number of halogens is 3. The first-order valence-corrected chi connectivity index (χ1v) is 14.4. The van der Waals surface area contributed by atoms with Crippen LogP contribution in [0.1, 0.15) is 28.9 Å². The lowest BCUT2D eigenvalue weighted by atomic mass is 10.1. The molecule has 0 N–H and O–H groups in total. The molecule has 0 saturated carbocycles. The van der Waals surface area contributed by atoms with Gasteiger partial charge in [-0.2, -0.15) is 0 Å². The zero-order chi connectivity index (χ0) is 28.9. The highest BCUT2D eigenvalue weighted by atomic mass is 35.5. The second kappa shape index (κ2) is 12.9. The maximum atomic E-state index is 13.6. The highest BCUT2D eigenvalue weighted by Crippen LogP contribution is 2.29. The van der Waals surface area contributed by atoms with Crippen molar-refractivity contribution in [3.05, 3.63) is 111 Å². The maximum Gasteiger partial charge on any atom is 0.254 e. The number of benzene rings is 3. The van der Waals surface area contributed by atoms with Crippen molar-refractivity contribution in [1.82, 2.24) is 20.0 Å². The molecule has 10 heteroatoms. The summed E-state index contributed by atoms with van der Waals surface area (Å²) in [5, 5.41) is 10.4. The van der Waals surface area contributed by atoms with Gasteiger partial charge in [-0.05, 0) is 67.1 Å². The molecule has 0 bridgehead atoms. The van der Waals surface area contributed by atoms with E-state index < -0.39 is 0 Å². The van der Waals surface area contributed by atoms with Crippen molar-refractivity contribution in [2.45, 2.75) is 13.0 Å². The van der Waals surface area contributed by atoms with Gasteiger partial charge in [-0.15, -0.1) is 10.2 Å². The average molecular weight is 609 g/mol. The van der Waals surface area contributed by atoms with E-state index in [-0.39, 0.29) is 24.4 Å². The number of piperazine rings is 1. The van der Waals surface area contributed by atoms with Gasteiger partial charge in [-0.1, -0.05) is 65.1 Å². The van der Waals surface area contributed by atoms with Crippen LogP contribution in [0.15, 0.2) is 84.9 Å². The van der Waals surface area contributed by atoms with Crippen molar-refractivity contribution in [2.24, 2.45) is 0 Å². The first-order chi connectivity index (χ1) is 19.8. The summed E-state index contributed by atoms with van der Waals surface area (Å²) in [7, 11) is 0. The summed E-state index contributed by atoms with van der Waals surface area (Å²) < 4.78 is 0. The SMILES string of the molecule is C[C@@H](c1ccccc1)N(CC(=O)N1CCN(c2ccc(-c3ccc(Cl)cc3Cl)nn2)CC1)C(=O)c1ccc(Cl)cc1. The Morgan fingerprint density at radius 1 is 0.829 bits per heavy atom. The van der Waals surface area contributed by atoms with E-state index in [2.05, 4.69) is 15.1 Å². The van der Waals surface area contributed by atoms with Gasteiger partial charge in [0.25, 0.3) is 5.91 Å². The molecule has 0 unspecified atom stereocenters. The quantitative estimate of drug-likeness (QED) is 0.235. The molecule has 4 aromatic rings. The van der Waals surface area contributed by atoms with Gasteiger partial charge in [-0.25, -0.2) is 0 Å². The van der Waals surface area contributed by atoms with Gasteiger partial charge in [-0.3, -0.25) is 9.59 Å². The van der Waals surface area contributed by atoms with Gasteiger partial charge in [0.05, 0.1) is 16.8 Å². The Bertz CT molecular complexity index is 1510. The van der Waals surface area contributed by atoms with Crippen LogP contribution in [0.25, 0.3) is 11.3 Å². The van der Waals surface area contributed by atoms with E-state index in [4.69, 9.17) is 34.8 Å². The van der Waals surface area contributed by atoms with Crippen LogP contribution in [-0.2, 0) is 4.79 Å². The Morgan fingerprint density at radius 2 is 1.51 bits per heavy atom. The van der Waals surface area contributed by atoms with Crippen LogP contribution in [0.3, 0.4) is 0 Å². The van der Waals surface area contributed by atoms with Crippen LogP contribution in [0.5, 0.6) is 0 Å². The standard InChI is InChI=1S/C31H28Cl3N5O2/c1-21(22-5-3-2-4-6-22)39(31(41)23-7-9-24(32)10-8-23)20-30(40)38-17-15-37(16-18-38)29-14-13-28(35-36-29)26-12-11-25(33)19-27(26)34/h2-14,19,21H,15-18,20H2,1H3/t21-/m0/s1. The van der Waals surface area contributed by atoms with E-state index in [9.17, 15) is 9.59 Å². The number of carbonyl (C=O) groups is 2. The highest BCUT2D eigenvalue weighted by molar-refractivity contribution is 6.36. The Labute approximate surface area is 254 Å². The van der Waals surface area contributed by atoms with Crippen LogP contribution in [0.2, 0.25) is 15.1 Å². The van der Waals surface area contributed by atoms with Crippen molar-refractivity contribution < 1.29 is 9.59 Å². The van der Waals surface area contributed by atoms with Gasteiger partial charge >= 0.3 is 0 Å². The molecule has 0 spiro atoms. The zero-order valence-corrected chi connectivity index (χ0v) is 24.7. The molecule has 210 valence electrons. The van der Waals surface area contributed by atoms with Crippen molar-refractivity contribution in [1.29, 1.82) is 0 Å². The number of hydrogen-bond donors (Lipinski definition) is 0. The number of nitrogens with zero attached hydrogens (tertiary/aromatic N) is 5. The molecule has 1 aromatic heterocycles. The normalized spacial score (nSPS) is 14.0. The first-order valence-electron chi connectivity index (χ1n) is 13.2. The molecule has 2 heterocycles. The second-order valence-corrected chi connectivity index (χ2v) is 11.1. The largest absolute Gasteiger partial charge is 0.352 e. The summed E-state index contributed by atoms with van der Waals surface area (Å²) in [6.07, 6.45) is 0. The molecule has 2 amide bonds. The van der Waals surface area contributed by atoms with Gasteiger partial charge in [0.2, 0.25) is 5.91 Å². The predicted octanol–water partition coefficient (Wildman–Crippen LogP) is 6.66. The smallest absolute Gasteiger partial charge is 0.254 e. The molecule has 1 atom stereocenters. The van der Waals surface area contributed by atoms with Crippen LogP contribution < -0.4 is 4.90 Å². The van der Waals surface area contributed by atoms with E-state index in [0.717, 1.165) is 16.9 Å². The molecule has 5 rings (SSSR count). The number of hydrogen-bond acceptors (Lipinski definition) is 5. The van der Waals surface area contributed by atoms with Crippen molar-refractivity contribution >= 4 is 52.4 Å². The van der Waals surface area contributed by atoms with Gasteiger partial charge in [0.15, 0.2) is 5.82 Å². The molecular formula is C31H28Cl3N5O2. The van der Waals surface area contributed by atoms with Gasteiger partial charge < -0.3 is 14.7 Å². The summed E-state index contributed by atoms with van der Waals surface area (Å²) in [6.45, 7) is 4.12. The predicted molar refractivity (Wildman–Crippen MR) is 164 cm³/mol. The van der Waals surface area contributed by atoms with E-state index in [1.807, 2.05) is 55.5 Å². The summed E-state index contributed by atoms with van der Waals surface area (Å²) in [5.41, 5.74) is 2.85. The van der Waals surface area contributed by atoms with Crippen LogP contribution in [0, 0.1) is 0 Å². The number of rotatable bonds is 7. The fourth-order valence-corrected chi connectivity index (χ4v) is 5.45. The minimum atomic E-state index is -0.299. The zero-order valence-electron chi connectivity index (χ0n) is 22.4. The molecule has 1 fully saturated rings. The van der Waals surface area contributed by atoms with E-state index in [0.29, 0.717) is 52.5 Å². The van der Waals surface area contributed by atoms with E-state index in [1.165, 1.54) is 0 Å². The molecule has 3 aromatic carbocycles. The third-order valence-corrected chi connectivity index (χ3v) is 8.02. The Balaban J connectivity index is 1.25. The Hall–Kier alpha value is -3.65. The Morgan fingerprint density at radius 3 is 2.15 bits per heavy atom. The summed E-state index contributed by atoms with van der Waals surface area (Å²) >= 11 is 18.4. The molecule has 41 heavy (non-hydrogen) atoms. The Kier molecular flexibility index (Phi) is 9.08. The highest BCUT2D eigenvalue weighted by Gasteiger charge is 2.29. The summed E-state index contributed by atoms with van der Waals surface area (Å²) in [6, 6.07) is 25.2. The van der Waals surface area contributed by atoms with Crippen molar-refractivity contribution in [3.63, 3.8) is 0 Å². The molecule has 1 aliphatic heterocycles. The fraction of sp³-hybridized carbons (Fsp3) is 0.226. The third kappa shape index (κ3) is 6.81. The van der Waals surface area contributed by atoms with Crippen LogP contribution >= 0.6 is 34.8 Å². The summed E-state index contributed by atoms with van der Waals surface area (Å²) in [4.78, 5) is 32.6. The molecule has 0 aliphatic carbocycles. The van der Waals surface area contributed by atoms with E-state index >= 15 is 0 Å². The lowest BCUT2D eigenvalue weighted by molar-refractivity contribution is -0.132. The maximum absolute atomic E-state index is 13.6. The number of carbonyl (C=O) groups excluding carboxylic acids is 2. The topological polar surface area (TPSA) is 69.6 Å². The van der Waals surface area contributed by atoms with Crippen molar-refractivity contribution in [2.75, 3.05) is 37.6 Å². The van der Waals surface area contributed by atoms with Crippen LogP contribution in [-0.4, -0.2) is 64.5 Å². The molecule has 1 saturated heterocycles. The average Bonchev–Trinajstić information content (AvgIpc) is 3.00. The first kappa shape index (κ1) is 28.9. The van der Waals surface area contributed by atoms with Gasteiger partial charge in [0.1, 0.15) is 6.54 Å². The number of anilines is 1. The van der Waals surface area contributed by atoms with E-state index in [1.54, 1.807) is 46.2 Å². The van der Waals surface area contributed by atoms with Crippen molar-refractivity contribution in [3.8, 4) is 11.3 Å². The molecular weight excluding hydrogens is 581 g/mol. The number of aromatic nitrogens is 2. The molecule has 0 radical (unpaired) electrons. The van der Waals surface area contributed by atoms with Crippen LogP contribution in [0.4, 0.5) is 5.82 Å². The summed E-state index contributed by atoms with van der Waals surface area (Å²) in [5.74, 6) is 0.401. The lowest BCUT2D eigenvalue weighted by Gasteiger charge is -2.37. The fourth-order valence-electron chi connectivity index (χ4n) is 4.82. The van der Waals surface area contributed by atoms with Gasteiger partial charge in [0, 0.05) is 47.4 Å². The minimum Gasteiger partial charge on any atom is -0.352 e. The minimum absolute atomic E-state index is 0.0339. The second-order valence-electron chi connectivity index (χ2n) is 9.80. The molecule has 7 nitrogen and oxygen atoms in total. The monoisotopic (exact) mass is 607 g/mol. The lowest BCUT2D eigenvalue weighted by Crippen LogP contribution is -2.52. The number of amides is 2.